The summed E-state index contributed by atoms with van der Waals surface area (Å²) in [5, 5.41) is 16.0. The van der Waals surface area contributed by atoms with Crippen LogP contribution in [0.15, 0.2) is 92.9 Å². The Bertz CT molecular complexity index is 1280. The van der Waals surface area contributed by atoms with Crippen molar-refractivity contribution >= 4 is 54.8 Å². The Morgan fingerprint density at radius 3 is 2.35 bits per heavy atom. The summed E-state index contributed by atoms with van der Waals surface area (Å²) >= 11 is 6.52. The van der Waals surface area contributed by atoms with E-state index < -0.39 is 0 Å². The van der Waals surface area contributed by atoms with Crippen molar-refractivity contribution in [3.05, 3.63) is 98.9 Å². The summed E-state index contributed by atoms with van der Waals surface area (Å²) in [7, 11) is 0. The van der Waals surface area contributed by atoms with Crippen LogP contribution in [0.1, 0.15) is 15.9 Å². The molecule has 0 atom stereocenters. The zero-order valence-corrected chi connectivity index (χ0v) is 19.2. The van der Waals surface area contributed by atoms with E-state index in [-0.39, 0.29) is 11.7 Å². The highest BCUT2D eigenvalue weighted by molar-refractivity contribution is 9.11. The first kappa shape index (κ1) is 21.1. The molecule has 4 rings (SSSR count). The monoisotopic (exact) mass is 538 g/mol. The Kier molecular flexibility index (Phi) is 6.34. The molecule has 0 aliphatic rings. The molecule has 0 unspecified atom stereocenters. The number of benzene rings is 4. The lowest BCUT2D eigenvalue weighted by molar-refractivity contribution is 0.0955. The largest absolute Gasteiger partial charge is 0.506 e. The average Bonchev–Trinajstić information content (AvgIpc) is 2.77. The van der Waals surface area contributed by atoms with E-state index in [1.165, 1.54) is 6.21 Å². The van der Waals surface area contributed by atoms with Crippen molar-refractivity contribution in [1.29, 1.82) is 0 Å². The number of fused-ring (bicyclic) bond motifs is 1. The van der Waals surface area contributed by atoms with Gasteiger partial charge in [0.25, 0.3) is 5.91 Å². The van der Waals surface area contributed by atoms with Crippen LogP contribution in [0, 0.1) is 0 Å². The predicted molar refractivity (Wildman–Crippen MR) is 129 cm³/mol. The SMILES string of the molecule is O=C(N/N=C/c1cc(Br)c(O)c(Br)c1)c1cccc(Oc2ccc3ccccc3c2)c1. The zero-order chi connectivity index (χ0) is 21.8. The van der Waals surface area contributed by atoms with Crippen LogP contribution < -0.4 is 10.2 Å². The Balaban J connectivity index is 1.45. The number of phenols is 1. The van der Waals surface area contributed by atoms with Crippen LogP contribution in [0.5, 0.6) is 17.2 Å². The maximum absolute atomic E-state index is 12.5. The summed E-state index contributed by atoms with van der Waals surface area (Å²) in [6.45, 7) is 0. The van der Waals surface area contributed by atoms with Gasteiger partial charge in [-0.1, -0.05) is 36.4 Å². The molecule has 2 N–H and O–H groups in total. The number of hydrazone groups is 1. The number of ether oxygens (including phenoxy) is 1. The van der Waals surface area contributed by atoms with Crippen molar-refractivity contribution in [3.63, 3.8) is 0 Å². The van der Waals surface area contributed by atoms with E-state index in [0.717, 1.165) is 10.8 Å². The molecule has 0 radical (unpaired) electrons. The Morgan fingerprint density at radius 2 is 1.58 bits per heavy atom. The van der Waals surface area contributed by atoms with Crippen molar-refractivity contribution in [1.82, 2.24) is 5.43 Å². The highest BCUT2D eigenvalue weighted by Gasteiger charge is 2.08. The van der Waals surface area contributed by atoms with E-state index >= 15 is 0 Å². The minimum atomic E-state index is -0.364. The molecule has 0 saturated heterocycles. The number of amides is 1. The van der Waals surface area contributed by atoms with Gasteiger partial charge in [-0.05, 0) is 90.7 Å². The first-order valence-corrected chi connectivity index (χ1v) is 10.9. The number of halogens is 2. The molecule has 5 nitrogen and oxygen atoms in total. The fourth-order valence-electron chi connectivity index (χ4n) is 2.96. The Labute approximate surface area is 195 Å². The van der Waals surface area contributed by atoms with Crippen molar-refractivity contribution < 1.29 is 14.6 Å². The maximum Gasteiger partial charge on any atom is 0.271 e. The van der Waals surface area contributed by atoms with Gasteiger partial charge in [0.2, 0.25) is 0 Å². The van der Waals surface area contributed by atoms with Crippen LogP contribution in [-0.4, -0.2) is 17.2 Å². The van der Waals surface area contributed by atoms with Gasteiger partial charge < -0.3 is 9.84 Å². The summed E-state index contributed by atoms with van der Waals surface area (Å²) in [4.78, 5) is 12.5. The molecule has 4 aromatic rings. The van der Waals surface area contributed by atoms with Gasteiger partial charge in [0.1, 0.15) is 17.2 Å². The van der Waals surface area contributed by atoms with E-state index in [2.05, 4.69) is 42.4 Å². The molecule has 0 heterocycles. The topological polar surface area (TPSA) is 70.9 Å². The van der Waals surface area contributed by atoms with Gasteiger partial charge in [-0.25, -0.2) is 5.43 Å². The second-order valence-corrected chi connectivity index (χ2v) is 8.38. The summed E-state index contributed by atoms with van der Waals surface area (Å²) in [5.41, 5.74) is 3.62. The summed E-state index contributed by atoms with van der Waals surface area (Å²) < 4.78 is 6.98. The van der Waals surface area contributed by atoms with Crippen molar-refractivity contribution in [3.8, 4) is 17.2 Å². The van der Waals surface area contributed by atoms with E-state index in [1.54, 1.807) is 36.4 Å². The molecule has 4 aromatic carbocycles. The Morgan fingerprint density at radius 1 is 0.871 bits per heavy atom. The lowest BCUT2D eigenvalue weighted by Gasteiger charge is -2.08. The minimum Gasteiger partial charge on any atom is -0.506 e. The van der Waals surface area contributed by atoms with E-state index in [9.17, 15) is 9.90 Å². The van der Waals surface area contributed by atoms with Crippen LogP contribution in [-0.2, 0) is 0 Å². The van der Waals surface area contributed by atoms with E-state index in [0.29, 0.717) is 31.6 Å². The first-order chi connectivity index (χ1) is 15.0. The van der Waals surface area contributed by atoms with Crippen LogP contribution in [0.2, 0.25) is 0 Å². The van der Waals surface area contributed by atoms with Gasteiger partial charge in [0, 0.05) is 5.56 Å². The van der Waals surface area contributed by atoms with Crippen LogP contribution in [0.4, 0.5) is 0 Å². The number of phenolic OH excluding ortho intramolecular Hbond substituents is 1. The van der Waals surface area contributed by atoms with Gasteiger partial charge in [-0.3, -0.25) is 4.79 Å². The summed E-state index contributed by atoms with van der Waals surface area (Å²) in [6, 6.07) is 24.2. The molecule has 7 heteroatoms. The minimum absolute atomic E-state index is 0.101. The molecule has 0 saturated carbocycles. The van der Waals surface area contributed by atoms with Gasteiger partial charge in [-0.15, -0.1) is 0 Å². The number of hydrogen-bond donors (Lipinski definition) is 2. The fourth-order valence-corrected chi connectivity index (χ4v) is 4.18. The molecular formula is C24H16Br2N2O3. The van der Waals surface area contributed by atoms with Crippen molar-refractivity contribution in [2.75, 3.05) is 0 Å². The smallest absolute Gasteiger partial charge is 0.271 e. The zero-order valence-electron chi connectivity index (χ0n) is 16.0. The molecule has 0 aromatic heterocycles. The quantitative estimate of drug-likeness (QED) is 0.221. The summed E-state index contributed by atoms with van der Waals surface area (Å²) in [6.07, 6.45) is 1.49. The number of aromatic hydroxyl groups is 1. The Hall–Kier alpha value is -3.16. The molecule has 0 bridgehead atoms. The van der Waals surface area contributed by atoms with Crippen molar-refractivity contribution in [2.24, 2.45) is 5.10 Å². The third-order valence-corrected chi connectivity index (χ3v) is 5.68. The number of nitrogens with one attached hydrogen (secondary N) is 1. The van der Waals surface area contributed by atoms with Crippen LogP contribution in [0.25, 0.3) is 10.8 Å². The second-order valence-electron chi connectivity index (χ2n) is 6.67. The normalized spacial score (nSPS) is 11.0. The molecular weight excluding hydrogens is 524 g/mol. The van der Waals surface area contributed by atoms with Crippen LogP contribution >= 0.6 is 31.9 Å². The molecule has 0 aliphatic heterocycles. The van der Waals surface area contributed by atoms with Gasteiger partial charge in [0.15, 0.2) is 0 Å². The summed E-state index contributed by atoms with van der Waals surface area (Å²) in [5.74, 6) is 0.984. The fraction of sp³-hybridized carbons (Fsp3) is 0. The number of nitrogens with zero attached hydrogens (tertiary/aromatic N) is 1. The average molecular weight is 540 g/mol. The highest BCUT2D eigenvalue weighted by atomic mass is 79.9. The molecule has 154 valence electrons. The first-order valence-electron chi connectivity index (χ1n) is 9.28. The third-order valence-electron chi connectivity index (χ3n) is 4.47. The number of carbonyl (C=O) groups excluding carboxylic acids is 1. The number of carbonyl (C=O) groups is 1. The lowest BCUT2D eigenvalue weighted by Crippen LogP contribution is -2.17. The standard InChI is InChI=1S/C24H16Br2N2O3/c25-21-10-15(11-22(26)23(21)29)14-27-28-24(30)18-6-3-7-19(13-18)31-20-9-8-16-4-1-2-5-17(16)12-20/h1-14,29H,(H,28,30)/b27-14+. The molecule has 0 spiro atoms. The van der Waals surface area contributed by atoms with Gasteiger partial charge in [0.05, 0.1) is 15.2 Å². The second kappa shape index (κ2) is 9.32. The number of rotatable bonds is 5. The van der Waals surface area contributed by atoms with Gasteiger partial charge >= 0.3 is 0 Å². The maximum atomic E-state index is 12.5. The predicted octanol–water partition coefficient (Wildman–Crippen LogP) is 6.63. The van der Waals surface area contributed by atoms with E-state index in [1.807, 2.05) is 42.5 Å². The van der Waals surface area contributed by atoms with Crippen molar-refractivity contribution in [2.45, 2.75) is 0 Å². The molecule has 31 heavy (non-hydrogen) atoms. The molecule has 0 fully saturated rings. The highest BCUT2D eigenvalue weighted by Crippen LogP contribution is 2.32. The third kappa shape index (κ3) is 5.13. The molecule has 0 aliphatic carbocycles. The van der Waals surface area contributed by atoms with Gasteiger partial charge in [-0.2, -0.15) is 5.10 Å². The number of hydrogen-bond acceptors (Lipinski definition) is 4. The van der Waals surface area contributed by atoms with E-state index in [4.69, 9.17) is 4.74 Å². The lowest BCUT2D eigenvalue weighted by atomic mass is 10.1. The van der Waals surface area contributed by atoms with Crippen LogP contribution in [0.3, 0.4) is 0 Å². The molecule has 1 amide bonds.